The predicted octanol–water partition coefficient (Wildman–Crippen LogP) is 0.844. The lowest BCUT2D eigenvalue weighted by molar-refractivity contribution is -0.182. The maximum Gasteiger partial charge on any atom is 0.376 e. The molecule has 1 aromatic rings. The molecule has 0 saturated carbocycles. The normalized spacial score (nSPS) is 8.93. The van der Waals surface area contributed by atoms with Gasteiger partial charge in [0.2, 0.25) is 0 Å². The quantitative estimate of drug-likeness (QED) is 0.336. The number of carbonyl (C=O) groups is 2. The number of rotatable bonds is 2. The van der Waals surface area contributed by atoms with E-state index in [1.54, 1.807) is 0 Å². The van der Waals surface area contributed by atoms with Crippen molar-refractivity contribution in [2.75, 3.05) is 0 Å². The Morgan fingerprint density at radius 2 is 1.80 bits per heavy atom. The first-order valence-electron chi connectivity index (χ1n) is 3.76. The summed E-state index contributed by atoms with van der Waals surface area (Å²) in [5, 5.41) is 17.5. The molecule has 0 fully saturated rings. The number of hydrogen-bond acceptors (Lipinski definition) is 5. The smallest absolute Gasteiger partial charge is 0.376 e. The minimum Gasteiger partial charge on any atom is -0.506 e. The molecule has 2 N–H and O–H groups in total. The molecule has 1 aromatic carbocycles. The fourth-order valence-electron chi connectivity index (χ4n) is 1.04. The van der Waals surface area contributed by atoms with Gasteiger partial charge in [0.25, 0.3) is 0 Å². The van der Waals surface area contributed by atoms with Gasteiger partial charge in [0.1, 0.15) is 11.3 Å². The van der Waals surface area contributed by atoms with E-state index in [-0.39, 0.29) is 34.3 Å². The molecule has 0 unspecified atom stereocenters. The summed E-state index contributed by atoms with van der Waals surface area (Å²) in [6.45, 7) is 1.25. The summed E-state index contributed by atoms with van der Waals surface area (Å²) in [5.74, 6) is -1.97. The van der Waals surface area contributed by atoms with Gasteiger partial charge in [-0.2, -0.15) is 5.26 Å². The van der Waals surface area contributed by atoms with Crippen LogP contribution in [0.1, 0.15) is 27.6 Å². The molecule has 0 spiro atoms. The zero-order chi connectivity index (χ0) is 10.7. The molecule has 0 bridgehead atoms. The van der Waals surface area contributed by atoms with Crippen molar-refractivity contribution in [1.29, 1.82) is 0 Å². The number of benzene rings is 1. The molecule has 0 amide bonds. The van der Waals surface area contributed by atoms with Gasteiger partial charge in [-0.25, -0.2) is 4.79 Å². The number of phenolic OH excluding ortho intramolecular Hbond substituents is 1. The Labute approximate surface area is 96.4 Å². The second-order valence-corrected chi connectivity index (χ2v) is 2.64. The summed E-state index contributed by atoms with van der Waals surface area (Å²) in [6.07, 6.45) is 0. The first kappa shape index (κ1) is 13.7. The van der Waals surface area contributed by atoms with Gasteiger partial charge in [-0.15, -0.1) is 0 Å². The second-order valence-electron chi connectivity index (χ2n) is 2.64. The highest BCUT2D eigenvalue weighted by Gasteiger charge is 2.17. The Balaban J connectivity index is 0.00000196. The molecule has 5 nitrogen and oxygen atoms in total. The average molecular weight is 223 g/mol. The van der Waals surface area contributed by atoms with E-state index in [0.29, 0.717) is 0 Å². The molecule has 1 rings (SSSR count). The number of phenols is 1. The van der Waals surface area contributed by atoms with Crippen molar-refractivity contribution in [3.63, 3.8) is 0 Å². The summed E-state index contributed by atoms with van der Waals surface area (Å²) in [4.78, 5) is 25.3. The van der Waals surface area contributed by atoms with Crippen LogP contribution in [-0.4, -0.2) is 39.5 Å². The summed E-state index contributed by atoms with van der Waals surface area (Å²) in [5.41, 5.74) is -0.242. The maximum absolute atomic E-state index is 11.0. The number of para-hydroxylation sites is 1. The van der Waals surface area contributed by atoms with Gasteiger partial charge in [-0.1, -0.05) is 6.07 Å². The second kappa shape index (κ2) is 5.51. The highest BCUT2D eigenvalue weighted by atomic mass is 27.0. The molecule has 15 heavy (non-hydrogen) atoms. The fraction of sp³-hybridized carbons (Fsp3) is 0.111. The maximum atomic E-state index is 11.0. The Morgan fingerprint density at radius 1 is 1.27 bits per heavy atom. The Hall–Kier alpha value is -1.35. The molecule has 0 aliphatic heterocycles. The van der Waals surface area contributed by atoms with E-state index in [0.717, 1.165) is 0 Å². The van der Waals surface area contributed by atoms with Gasteiger partial charge in [-0.3, -0.25) is 9.68 Å². The Kier molecular flexibility index (Phi) is 5.02. The van der Waals surface area contributed by atoms with Crippen molar-refractivity contribution in [3.05, 3.63) is 29.3 Å². The first-order chi connectivity index (χ1) is 6.57. The van der Waals surface area contributed by atoms with Crippen LogP contribution in [0.4, 0.5) is 0 Å². The van der Waals surface area contributed by atoms with E-state index < -0.39 is 11.7 Å². The number of hydrogen-bond donors (Lipinski definition) is 2. The molecule has 0 atom stereocenters. The molecule has 77 valence electrons. The van der Waals surface area contributed by atoms with Crippen LogP contribution in [-0.2, 0) is 4.89 Å². The zero-order valence-electron chi connectivity index (χ0n) is 7.93. The van der Waals surface area contributed by atoms with Crippen molar-refractivity contribution in [2.45, 2.75) is 6.92 Å². The van der Waals surface area contributed by atoms with Crippen molar-refractivity contribution in [2.24, 2.45) is 0 Å². The van der Waals surface area contributed by atoms with Crippen LogP contribution in [0.15, 0.2) is 18.2 Å². The molecule has 0 aromatic heterocycles. The summed E-state index contributed by atoms with van der Waals surface area (Å²) < 4.78 is 0. The van der Waals surface area contributed by atoms with E-state index in [1.807, 2.05) is 0 Å². The molecule has 0 saturated heterocycles. The van der Waals surface area contributed by atoms with Crippen molar-refractivity contribution in [1.82, 2.24) is 0 Å². The third kappa shape index (κ3) is 2.80. The Bertz CT molecular complexity index is 388. The predicted molar refractivity (Wildman–Crippen MR) is 51.9 cm³/mol. The first-order valence-corrected chi connectivity index (χ1v) is 3.76. The molecule has 0 heterocycles. The molecule has 3 radical (unpaired) electrons. The number of carbonyl (C=O) groups excluding carboxylic acids is 2. The molecule has 0 aliphatic carbocycles. The van der Waals surface area contributed by atoms with E-state index in [9.17, 15) is 14.7 Å². The molecule has 0 aliphatic rings. The largest absolute Gasteiger partial charge is 0.506 e. The highest BCUT2D eigenvalue weighted by Crippen LogP contribution is 2.23. The lowest BCUT2D eigenvalue weighted by Gasteiger charge is -2.04. The lowest BCUT2D eigenvalue weighted by Crippen LogP contribution is -2.04. The summed E-state index contributed by atoms with van der Waals surface area (Å²) in [7, 11) is 0. The van der Waals surface area contributed by atoms with E-state index >= 15 is 0 Å². The minimum absolute atomic E-state index is 0. The van der Waals surface area contributed by atoms with Gasteiger partial charge in [0, 0.05) is 17.4 Å². The van der Waals surface area contributed by atoms with Crippen LogP contribution in [0, 0.1) is 0 Å². The van der Waals surface area contributed by atoms with Crippen LogP contribution in [0.2, 0.25) is 0 Å². The van der Waals surface area contributed by atoms with Crippen molar-refractivity contribution >= 4 is 29.1 Å². The summed E-state index contributed by atoms with van der Waals surface area (Å²) >= 11 is 0. The molecule has 6 heteroatoms. The van der Waals surface area contributed by atoms with E-state index in [4.69, 9.17) is 5.26 Å². The van der Waals surface area contributed by atoms with Gasteiger partial charge in [0.15, 0.2) is 5.78 Å². The van der Waals surface area contributed by atoms with Crippen LogP contribution < -0.4 is 0 Å². The van der Waals surface area contributed by atoms with Crippen LogP contribution in [0.5, 0.6) is 5.75 Å². The van der Waals surface area contributed by atoms with E-state index in [1.165, 1.54) is 25.1 Å². The molecular weight excluding hydrogens is 215 g/mol. The van der Waals surface area contributed by atoms with Crippen LogP contribution in [0.3, 0.4) is 0 Å². The van der Waals surface area contributed by atoms with Crippen molar-refractivity contribution < 1.29 is 24.8 Å². The van der Waals surface area contributed by atoms with Crippen molar-refractivity contribution in [3.8, 4) is 5.75 Å². The zero-order valence-corrected chi connectivity index (χ0v) is 9.08. The minimum atomic E-state index is -1.11. The monoisotopic (exact) mass is 223 g/mol. The third-order valence-electron chi connectivity index (χ3n) is 1.72. The van der Waals surface area contributed by atoms with Crippen LogP contribution >= 0.6 is 0 Å². The standard InChI is InChI=1S/C9H8O5.Al/c1-5(10)6-3-2-4-7(8(6)11)9(12)14-13;/h2-4,11,13H,1H3;. The SMILES string of the molecule is CC(=O)c1cccc(C(=O)OO)c1O.[Al]. The lowest BCUT2D eigenvalue weighted by atomic mass is 10.1. The summed E-state index contributed by atoms with van der Waals surface area (Å²) in [6, 6.07) is 4.01. The average Bonchev–Trinajstić information content (AvgIpc) is 2.16. The van der Waals surface area contributed by atoms with Gasteiger partial charge in [0.05, 0.1) is 5.56 Å². The fourth-order valence-corrected chi connectivity index (χ4v) is 1.04. The number of aromatic hydroxyl groups is 1. The van der Waals surface area contributed by atoms with Gasteiger partial charge in [-0.05, 0) is 19.1 Å². The molecular formula is C9H8AlO5. The topological polar surface area (TPSA) is 83.8 Å². The number of Topliss-reactive ketones (excluding diaryl/α,β-unsaturated/α-hetero) is 1. The third-order valence-corrected chi connectivity index (χ3v) is 1.72. The number of ketones is 1. The van der Waals surface area contributed by atoms with Gasteiger partial charge >= 0.3 is 5.97 Å². The van der Waals surface area contributed by atoms with Gasteiger partial charge < -0.3 is 5.11 Å². The Morgan fingerprint density at radius 3 is 2.27 bits per heavy atom. The van der Waals surface area contributed by atoms with Crippen LogP contribution in [0.25, 0.3) is 0 Å². The highest BCUT2D eigenvalue weighted by molar-refractivity contribution is 6.01. The van der Waals surface area contributed by atoms with E-state index in [2.05, 4.69) is 4.89 Å².